The second-order valence-corrected chi connectivity index (χ2v) is 7.42. The van der Waals surface area contributed by atoms with E-state index in [2.05, 4.69) is 0 Å². The van der Waals surface area contributed by atoms with Crippen molar-refractivity contribution in [3.8, 4) is 11.5 Å². The molecule has 2 aromatic carbocycles. The van der Waals surface area contributed by atoms with Gasteiger partial charge in [-0.15, -0.1) is 0 Å². The molecule has 0 aliphatic carbocycles. The molecule has 0 spiro atoms. The van der Waals surface area contributed by atoms with Crippen LogP contribution < -0.4 is 9.47 Å². The molecule has 170 valence electrons. The van der Waals surface area contributed by atoms with Crippen LogP contribution in [0, 0.1) is 5.41 Å². The number of rotatable bonds is 8. The van der Waals surface area contributed by atoms with Crippen molar-refractivity contribution in [3.05, 3.63) is 59.7 Å². The first-order valence-corrected chi connectivity index (χ1v) is 10.7. The summed E-state index contributed by atoms with van der Waals surface area (Å²) < 4.78 is 21.6. The van der Waals surface area contributed by atoms with Crippen LogP contribution in [0.25, 0.3) is 0 Å². The molecule has 2 aromatic rings. The standard InChI is InChI=1S/C25H29NO6/c1-5-31-23(27)25(24(28)32-6-2)15-19(16-26-22(25)17-10-8-7-9-11-17)18-12-13-20(29-3)21(14-18)30-4/h7-14,19H,5-6,15-16H2,1-4H3. The van der Waals surface area contributed by atoms with Gasteiger partial charge in [-0.3, -0.25) is 14.6 Å². The topological polar surface area (TPSA) is 83.4 Å². The van der Waals surface area contributed by atoms with Crippen LogP contribution in [-0.4, -0.2) is 51.6 Å². The second kappa shape index (κ2) is 10.3. The lowest BCUT2D eigenvalue weighted by atomic mass is 9.69. The van der Waals surface area contributed by atoms with Crippen LogP contribution >= 0.6 is 0 Å². The Labute approximate surface area is 188 Å². The van der Waals surface area contributed by atoms with Gasteiger partial charge < -0.3 is 18.9 Å². The molecule has 3 rings (SSSR count). The van der Waals surface area contributed by atoms with Gasteiger partial charge >= 0.3 is 11.9 Å². The molecule has 7 nitrogen and oxygen atoms in total. The third-order valence-corrected chi connectivity index (χ3v) is 5.60. The van der Waals surface area contributed by atoms with E-state index in [0.717, 1.165) is 5.56 Å². The number of methoxy groups -OCH3 is 2. The Morgan fingerprint density at radius 1 is 0.938 bits per heavy atom. The largest absolute Gasteiger partial charge is 0.493 e. The van der Waals surface area contributed by atoms with Crippen molar-refractivity contribution in [1.29, 1.82) is 0 Å². The molecule has 1 atom stereocenters. The zero-order valence-electron chi connectivity index (χ0n) is 18.9. The summed E-state index contributed by atoms with van der Waals surface area (Å²) in [7, 11) is 3.14. The van der Waals surface area contributed by atoms with Crippen molar-refractivity contribution in [1.82, 2.24) is 0 Å². The molecule has 0 saturated carbocycles. The van der Waals surface area contributed by atoms with Gasteiger partial charge in [-0.1, -0.05) is 36.4 Å². The fraction of sp³-hybridized carbons (Fsp3) is 0.400. The number of carbonyl (C=O) groups is 2. The highest BCUT2D eigenvalue weighted by Crippen LogP contribution is 2.43. The molecular formula is C25H29NO6. The molecular weight excluding hydrogens is 410 g/mol. The molecule has 0 fully saturated rings. The predicted octanol–water partition coefficient (Wildman–Crippen LogP) is 3.79. The summed E-state index contributed by atoms with van der Waals surface area (Å²) in [5.74, 6) is -0.350. The number of benzene rings is 2. The van der Waals surface area contributed by atoms with Crippen LogP contribution in [0.5, 0.6) is 11.5 Å². The van der Waals surface area contributed by atoms with Crippen LogP contribution in [0.15, 0.2) is 53.5 Å². The fourth-order valence-corrected chi connectivity index (χ4v) is 4.08. The number of hydrogen-bond donors (Lipinski definition) is 0. The van der Waals surface area contributed by atoms with E-state index in [1.807, 2.05) is 42.5 Å². The highest BCUT2D eigenvalue weighted by Gasteiger charge is 2.56. The van der Waals surface area contributed by atoms with Crippen LogP contribution in [0.3, 0.4) is 0 Å². The number of nitrogens with zero attached hydrogens (tertiary/aromatic N) is 1. The number of ether oxygens (including phenoxy) is 4. The van der Waals surface area contributed by atoms with E-state index in [0.29, 0.717) is 29.3 Å². The SMILES string of the molecule is CCOC(=O)C1(C(=O)OCC)CC(c2ccc(OC)c(OC)c2)CN=C1c1ccccc1. The first kappa shape index (κ1) is 23.3. The van der Waals surface area contributed by atoms with Gasteiger partial charge in [-0.05, 0) is 43.5 Å². The smallest absolute Gasteiger partial charge is 0.329 e. The van der Waals surface area contributed by atoms with E-state index in [4.69, 9.17) is 23.9 Å². The second-order valence-electron chi connectivity index (χ2n) is 7.42. The fourth-order valence-electron chi connectivity index (χ4n) is 4.08. The number of hydrogen-bond acceptors (Lipinski definition) is 7. The molecule has 1 unspecified atom stereocenters. The summed E-state index contributed by atoms with van der Waals surface area (Å²) in [6.07, 6.45) is 0.174. The number of esters is 2. The summed E-state index contributed by atoms with van der Waals surface area (Å²) in [5, 5.41) is 0. The van der Waals surface area contributed by atoms with Gasteiger partial charge in [0.1, 0.15) is 0 Å². The van der Waals surface area contributed by atoms with Crippen LogP contribution in [0.4, 0.5) is 0 Å². The van der Waals surface area contributed by atoms with E-state index < -0.39 is 17.4 Å². The van der Waals surface area contributed by atoms with E-state index in [-0.39, 0.29) is 25.6 Å². The van der Waals surface area contributed by atoms with Crippen molar-refractivity contribution in [2.75, 3.05) is 34.0 Å². The Kier molecular flexibility index (Phi) is 7.51. The van der Waals surface area contributed by atoms with Gasteiger partial charge in [0.15, 0.2) is 11.5 Å². The lowest BCUT2D eigenvalue weighted by Gasteiger charge is -2.37. The first-order chi connectivity index (χ1) is 15.5. The predicted molar refractivity (Wildman–Crippen MR) is 120 cm³/mol. The maximum absolute atomic E-state index is 13.4. The van der Waals surface area contributed by atoms with Crippen LogP contribution in [0.2, 0.25) is 0 Å². The Balaban J connectivity index is 2.15. The minimum atomic E-state index is -1.66. The van der Waals surface area contributed by atoms with Crippen LogP contribution in [-0.2, 0) is 19.1 Å². The maximum Gasteiger partial charge on any atom is 0.329 e. The van der Waals surface area contributed by atoms with Gasteiger partial charge in [0.05, 0.1) is 33.1 Å². The van der Waals surface area contributed by atoms with Crippen molar-refractivity contribution < 1.29 is 28.5 Å². The van der Waals surface area contributed by atoms with Crippen molar-refractivity contribution >= 4 is 17.7 Å². The minimum Gasteiger partial charge on any atom is -0.493 e. The van der Waals surface area contributed by atoms with E-state index >= 15 is 0 Å². The molecule has 1 aliphatic rings. The molecule has 0 saturated heterocycles. The Bertz CT molecular complexity index is 967. The number of aliphatic imine (C=N–C) groups is 1. The van der Waals surface area contributed by atoms with E-state index in [1.54, 1.807) is 34.1 Å². The van der Waals surface area contributed by atoms with Crippen molar-refractivity contribution in [2.45, 2.75) is 26.2 Å². The molecule has 0 amide bonds. The summed E-state index contributed by atoms with van der Waals surface area (Å²) >= 11 is 0. The summed E-state index contributed by atoms with van der Waals surface area (Å²) in [5.41, 5.74) is 0.297. The number of carbonyl (C=O) groups excluding carboxylic acids is 2. The zero-order valence-corrected chi connectivity index (χ0v) is 18.9. The molecule has 32 heavy (non-hydrogen) atoms. The highest BCUT2D eigenvalue weighted by atomic mass is 16.6. The van der Waals surface area contributed by atoms with Gasteiger partial charge in [-0.2, -0.15) is 0 Å². The third kappa shape index (κ3) is 4.33. The Hall–Kier alpha value is -3.35. The quantitative estimate of drug-likeness (QED) is 0.460. The van der Waals surface area contributed by atoms with Gasteiger partial charge in [0, 0.05) is 12.5 Å². The maximum atomic E-state index is 13.4. The third-order valence-electron chi connectivity index (χ3n) is 5.60. The Morgan fingerprint density at radius 2 is 1.56 bits per heavy atom. The monoisotopic (exact) mass is 439 g/mol. The zero-order chi connectivity index (χ0) is 23.1. The summed E-state index contributed by atoms with van der Waals surface area (Å²) in [4.78, 5) is 31.5. The highest BCUT2D eigenvalue weighted by molar-refractivity contribution is 6.27. The molecule has 0 radical (unpaired) electrons. The lowest BCUT2D eigenvalue weighted by molar-refractivity contribution is -0.167. The van der Waals surface area contributed by atoms with Crippen LogP contribution in [0.1, 0.15) is 37.3 Å². The Morgan fingerprint density at radius 3 is 2.12 bits per heavy atom. The van der Waals surface area contributed by atoms with Crippen molar-refractivity contribution in [2.24, 2.45) is 10.4 Å². The van der Waals surface area contributed by atoms with Gasteiger partial charge in [0.2, 0.25) is 5.41 Å². The molecule has 1 aliphatic heterocycles. The molecule has 7 heteroatoms. The lowest BCUT2D eigenvalue weighted by Crippen LogP contribution is -2.52. The minimum absolute atomic E-state index is 0.142. The average Bonchev–Trinajstić information content (AvgIpc) is 2.83. The molecule has 0 bridgehead atoms. The molecule has 0 aromatic heterocycles. The summed E-state index contributed by atoms with van der Waals surface area (Å²) in [6, 6.07) is 14.8. The first-order valence-electron chi connectivity index (χ1n) is 10.7. The normalized spacial score (nSPS) is 17.1. The van der Waals surface area contributed by atoms with Crippen molar-refractivity contribution in [3.63, 3.8) is 0 Å². The molecule has 1 heterocycles. The van der Waals surface area contributed by atoms with Gasteiger partial charge in [0.25, 0.3) is 0 Å². The van der Waals surface area contributed by atoms with E-state index in [1.165, 1.54) is 0 Å². The van der Waals surface area contributed by atoms with Gasteiger partial charge in [-0.25, -0.2) is 0 Å². The average molecular weight is 440 g/mol. The molecule has 0 N–H and O–H groups in total. The van der Waals surface area contributed by atoms with E-state index in [9.17, 15) is 9.59 Å². The summed E-state index contributed by atoms with van der Waals surface area (Å²) in [6.45, 7) is 4.11.